The maximum Gasteiger partial charge on any atom is 0.308 e. The Morgan fingerprint density at radius 1 is 1.21 bits per heavy atom. The highest BCUT2D eigenvalue weighted by molar-refractivity contribution is 8.13. The number of esters is 2. The molecule has 1 aliphatic heterocycles. The number of thioether (sulfide) groups is 1. The molecule has 0 unspecified atom stereocenters. The molecule has 1 fully saturated rings. The summed E-state index contributed by atoms with van der Waals surface area (Å²) < 4.78 is 19.3. The van der Waals surface area contributed by atoms with Crippen LogP contribution in [0.5, 0.6) is 5.75 Å². The first-order valence-corrected chi connectivity index (χ1v) is 16.5. The van der Waals surface area contributed by atoms with Gasteiger partial charge in [0.15, 0.2) is 22.1 Å². The van der Waals surface area contributed by atoms with Gasteiger partial charge in [0.2, 0.25) is 11.2 Å². The SMILES string of the molecule is CC(=O)Oc1cc(C)cc(C)c1C(C)(C)CC(=O)O[C@H]1C[C@H](n2cnc3c(NC(=O)CCCSC(C)=O)nc(Cl)nc32)O[C@]1(C)CO. The van der Waals surface area contributed by atoms with Crippen molar-refractivity contribution in [1.29, 1.82) is 0 Å². The maximum absolute atomic E-state index is 13.4. The first-order chi connectivity index (χ1) is 22.0. The molecule has 254 valence electrons. The molecule has 0 aliphatic carbocycles. The lowest BCUT2D eigenvalue weighted by atomic mass is 9.78. The van der Waals surface area contributed by atoms with Crippen LogP contribution in [-0.4, -0.2) is 71.7 Å². The summed E-state index contributed by atoms with van der Waals surface area (Å²) in [5, 5.41) is 12.9. The topological polar surface area (TPSA) is 172 Å². The molecule has 1 saturated heterocycles. The van der Waals surface area contributed by atoms with E-state index in [2.05, 4.69) is 20.3 Å². The van der Waals surface area contributed by atoms with Gasteiger partial charge in [0.1, 0.15) is 23.7 Å². The van der Waals surface area contributed by atoms with E-state index in [1.54, 1.807) is 17.6 Å². The van der Waals surface area contributed by atoms with E-state index in [1.807, 2.05) is 33.8 Å². The quantitative estimate of drug-likeness (QED) is 0.113. The number of halogens is 1. The number of aliphatic hydroxyl groups is 1. The molecule has 1 amide bonds. The number of anilines is 1. The van der Waals surface area contributed by atoms with Gasteiger partial charge in [-0.1, -0.05) is 31.7 Å². The minimum absolute atomic E-state index is 0.0142. The van der Waals surface area contributed by atoms with Gasteiger partial charge in [-0.15, -0.1) is 0 Å². The number of nitrogens with one attached hydrogen (secondary N) is 1. The number of carbonyl (C=O) groups is 4. The average molecular weight is 690 g/mol. The van der Waals surface area contributed by atoms with E-state index in [4.69, 9.17) is 25.8 Å². The molecular weight excluding hydrogens is 650 g/mol. The Kier molecular flexibility index (Phi) is 11.3. The zero-order valence-electron chi connectivity index (χ0n) is 27.5. The Bertz CT molecular complexity index is 1700. The van der Waals surface area contributed by atoms with E-state index in [1.165, 1.54) is 20.2 Å². The van der Waals surface area contributed by atoms with E-state index >= 15 is 0 Å². The fourth-order valence-electron chi connectivity index (χ4n) is 5.86. The first-order valence-electron chi connectivity index (χ1n) is 15.1. The smallest absolute Gasteiger partial charge is 0.308 e. The summed E-state index contributed by atoms with van der Waals surface area (Å²) in [5.41, 5.74) is 1.04. The largest absolute Gasteiger partial charge is 0.459 e. The predicted octanol–water partition coefficient (Wildman–Crippen LogP) is 4.97. The highest BCUT2D eigenvalue weighted by atomic mass is 35.5. The third kappa shape index (κ3) is 8.66. The third-order valence-electron chi connectivity index (χ3n) is 7.87. The van der Waals surface area contributed by atoms with Crippen molar-refractivity contribution in [1.82, 2.24) is 19.5 Å². The van der Waals surface area contributed by atoms with Gasteiger partial charge in [0, 0.05) is 43.4 Å². The lowest BCUT2D eigenvalue weighted by Crippen LogP contribution is -2.43. The fourth-order valence-corrected chi connectivity index (χ4v) is 6.60. The van der Waals surface area contributed by atoms with Crippen LogP contribution in [0, 0.1) is 13.8 Å². The number of hydrogen-bond donors (Lipinski definition) is 2. The molecule has 47 heavy (non-hydrogen) atoms. The number of ether oxygens (including phenoxy) is 3. The minimum Gasteiger partial charge on any atom is -0.459 e. The number of hydrogen-bond acceptors (Lipinski definition) is 12. The van der Waals surface area contributed by atoms with Crippen molar-refractivity contribution in [3.05, 3.63) is 40.4 Å². The summed E-state index contributed by atoms with van der Waals surface area (Å²) >= 11 is 7.37. The second kappa shape index (κ2) is 14.7. The summed E-state index contributed by atoms with van der Waals surface area (Å²) in [4.78, 5) is 61.8. The summed E-state index contributed by atoms with van der Waals surface area (Å²) in [6, 6.07) is 3.73. The summed E-state index contributed by atoms with van der Waals surface area (Å²) in [6.45, 7) is 11.6. The number of nitrogens with zero attached hydrogens (tertiary/aromatic N) is 4. The van der Waals surface area contributed by atoms with Gasteiger partial charge in [-0.25, -0.2) is 4.98 Å². The van der Waals surface area contributed by atoms with E-state index in [0.717, 1.165) is 28.5 Å². The van der Waals surface area contributed by atoms with Crippen LogP contribution in [0.3, 0.4) is 0 Å². The van der Waals surface area contributed by atoms with E-state index < -0.39 is 41.9 Å². The average Bonchev–Trinajstić information content (AvgIpc) is 3.50. The van der Waals surface area contributed by atoms with Crippen LogP contribution in [0.15, 0.2) is 18.5 Å². The Morgan fingerprint density at radius 2 is 1.94 bits per heavy atom. The number of imidazole rings is 1. The second-order valence-electron chi connectivity index (χ2n) is 12.5. The number of amides is 1. The number of carbonyl (C=O) groups excluding carboxylic acids is 4. The molecule has 1 aromatic carbocycles. The highest BCUT2D eigenvalue weighted by Crippen LogP contribution is 2.42. The van der Waals surface area contributed by atoms with Crippen LogP contribution >= 0.6 is 23.4 Å². The summed E-state index contributed by atoms with van der Waals surface area (Å²) in [5.74, 6) is -0.269. The number of benzene rings is 1. The van der Waals surface area contributed by atoms with Gasteiger partial charge in [-0.3, -0.25) is 23.7 Å². The zero-order chi connectivity index (χ0) is 34.7. The number of aromatic nitrogens is 4. The molecule has 2 N–H and O–H groups in total. The molecule has 1 aliphatic rings. The van der Waals surface area contributed by atoms with Gasteiger partial charge >= 0.3 is 11.9 Å². The van der Waals surface area contributed by atoms with Crippen molar-refractivity contribution < 1.29 is 38.5 Å². The molecule has 15 heteroatoms. The van der Waals surface area contributed by atoms with E-state index in [9.17, 15) is 24.3 Å². The lowest BCUT2D eigenvalue weighted by molar-refractivity contribution is -0.165. The number of aliphatic hydroxyl groups excluding tert-OH is 1. The molecule has 0 bridgehead atoms. The van der Waals surface area contributed by atoms with E-state index in [-0.39, 0.29) is 52.6 Å². The molecule has 2 aromatic heterocycles. The second-order valence-corrected chi connectivity index (χ2v) is 14.1. The van der Waals surface area contributed by atoms with Gasteiger partial charge in [-0.05, 0) is 56.0 Å². The first kappa shape index (κ1) is 36.2. The fraction of sp³-hybridized carbons (Fsp3) is 0.531. The number of fused-ring (bicyclic) bond motifs is 1. The Morgan fingerprint density at radius 3 is 2.60 bits per heavy atom. The Balaban J connectivity index is 1.51. The standard InChI is InChI=1S/C32H40ClN5O8S/c1-17-11-18(2)26(21(12-17)44-19(3)40)31(5,6)14-25(43)45-22-13-24(46-32(22,7)15-39)38-16-34-27-28(36-30(33)37-29(27)38)35-23(42)9-8-10-47-20(4)41/h11-12,16,22,24,39H,8-10,13-15H2,1-7H3,(H,35,36,37,42)/t22-,24+,32+/m0/s1. The summed E-state index contributed by atoms with van der Waals surface area (Å²) in [6.07, 6.45) is 0.655. The molecule has 0 saturated carbocycles. The highest BCUT2D eigenvalue weighted by Gasteiger charge is 2.49. The maximum atomic E-state index is 13.4. The molecule has 3 aromatic rings. The monoisotopic (exact) mass is 689 g/mol. The number of rotatable bonds is 12. The van der Waals surface area contributed by atoms with E-state index in [0.29, 0.717) is 17.9 Å². The van der Waals surface area contributed by atoms with Crippen LogP contribution in [0.4, 0.5) is 5.82 Å². The van der Waals surface area contributed by atoms with Crippen molar-refractivity contribution >= 4 is 63.3 Å². The Labute approximate surface area is 282 Å². The third-order valence-corrected chi connectivity index (χ3v) is 8.93. The number of aryl methyl sites for hydroxylation is 2. The van der Waals surface area contributed by atoms with Crippen LogP contribution in [0.25, 0.3) is 11.2 Å². The van der Waals surface area contributed by atoms with Crippen LogP contribution in [0.1, 0.15) is 83.2 Å². The predicted molar refractivity (Wildman–Crippen MR) is 176 cm³/mol. The molecule has 3 heterocycles. The molecule has 3 atom stereocenters. The minimum atomic E-state index is -1.25. The molecule has 0 radical (unpaired) electrons. The molecular formula is C32H40ClN5O8S. The van der Waals surface area contributed by atoms with Crippen molar-refractivity contribution in [2.45, 2.75) is 97.5 Å². The van der Waals surface area contributed by atoms with Gasteiger partial charge in [-0.2, -0.15) is 9.97 Å². The summed E-state index contributed by atoms with van der Waals surface area (Å²) in [7, 11) is 0. The van der Waals surface area contributed by atoms with Gasteiger partial charge < -0.3 is 24.6 Å². The van der Waals surface area contributed by atoms with Gasteiger partial charge in [0.05, 0.1) is 19.4 Å². The molecule has 0 spiro atoms. The molecule has 13 nitrogen and oxygen atoms in total. The van der Waals surface area contributed by atoms with Crippen molar-refractivity contribution in [2.24, 2.45) is 0 Å². The van der Waals surface area contributed by atoms with Crippen LogP contribution < -0.4 is 10.1 Å². The van der Waals surface area contributed by atoms with Crippen LogP contribution in [0.2, 0.25) is 5.28 Å². The lowest BCUT2D eigenvalue weighted by Gasteiger charge is -2.31. The van der Waals surface area contributed by atoms with Gasteiger partial charge in [0.25, 0.3) is 0 Å². The normalized spacial score (nSPS) is 19.5. The molecule has 4 rings (SSSR count). The Hall–Kier alpha value is -3.59. The zero-order valence-corrected chi connectivity index (χ0v) is 29.1. The van der Waals surface area contributed by atoms with Crippen molar-refractivity contribution in [3.8, 4) is 5.75 Å². The van der Waals surface area contributed by atoms with Crippen molar-refractivity contribution in [3.63, 3.8) is 0 Å². The van der Waals surface area contributed by atoms with Crippen LogP contribution in [-0.2, 0) is 34.1 Å². The van der Waals surface area contributed by atoms with Crippen molar-refractivity contribution in [2.75, 3.05) is 17.7 Å².